The zero-order valence-corrected chi connectivity index (χ0v) is 15.3. The van der Waals surface area contributed by atoms with Crippen molar-refractivity contribution in [2.45, 2.75) is 52.1 Å². The summed E-state index contributed by atoms with van der Waals surface area (Å²) in [6.45, 7) is 10.2. The van der Waals surface area contributed by atoms with Gasteiger partial charge in [0.2, 0.25) is 0 Å². The van der Waals surface area contributed by atoms with E-state index < -0.39 is 0 Å². The Morgan fingerprint density at radius 3 is 2.57 bits per heavy atom. The molecule has 1 saturated heterocycles. The van der Waals surface area contributed by atoms with E-state index in [1.807, 2.05) is 6.92 Å². The van der Waals surface area contributed by atoms with Crippen molar-refractivity contribution in [3.63, 3.8) is 0 Å². The molecule has 1 aliphatic rings. The van der Waals surface area contributed by atoms with Gasteiger partial charge in [-0.2, -0.15) is 5.10 Å². The van der Waals surface area contributed by atoms with Gasteiger partial charge < -0.3 is 10.1 Å². The topological polar surface area (TPSA) is 45.7 Å². The molecule has 1 heterocycles. The lowest BCUT2D eigenvalue weighted by Crippen LogP contribution is -2.37. The first-order valence-electron chi connectivity index (χ1n) is 8.17. The highest BCUT2D eigenvalue weighted by molar-refractivity contribution is 7.80. The fourth-order valence-corrected chi connectivity index (χ4v) is 2.59. The van der Waals surface area contributed by atoms with Crippen LogP contribution in [0, 0.1) is 0 Å². The maximum absolute atomic E-state index is 5.55. The van der Waals surface area contributed by atoms with E-state index in [1.54, 1.807) is 0 Å². The van der Waals surface area contributed by atoms with Crippen LogP contribution < -0.4 is 10.7 Å². The quantitative estimate of drug-likeness (QED) is 0.504. The van der Waals surface area contributed by atoms with Crippen LogP contribution in [0.3, 0.4) is 0 Å². The molecule has 2 N–H and O–H groups in total. The first-order chi connectivity index (χ1) is 10.9. The van der Waals surface area contributed by atoms with Gasteiger partial charge >= 0.3 is 0 Å². The molecule has 1 aliphatic heterocycles. The van der Waals surface area contributed by atoms with E-state index in [2.05, 4.69) is 60.9 Å². The van der Waals surface area contributed by atoms with Crippen LogP contribution in [-0.2, 0) is 10.2 Å². The number of nitrogens with zero attached hydrogens (tertiary/aromatic N) is 1. The lowest BCUT2D eigenvalue weighted by Gasteiger charge is -2.19. The largest absolute Gasteiger partial charge is 0.376 e. The number of rotatable bonds is 4. The van der Waals surface area contributed by atoms with Crippen LogP contribution in [0.25, 0.3) is 0 Å². The molecule has 1 aromatic rings. The Labute approximate surface area is 144 Å². The number of hydrazone groups is 1. The van der Waals surface area contributed by atoms with E-state index in [4.69, 9.17) is 17.0 Å². The fourth-order valence-electron chi connectivity index (χ4n) is 2.46. The minimum Gasteiger partial charge on any atom is -0.376 e. The van der Waals surface area contributed by atoms with Gasteiger partial charge in [-0.1, -0.05) is 45.0 Å². The highest BCUT2D eigenvalue weighted by atomic mass is 32.1. The Bertz CT molecular complexity index is 555. The minimum atomic E-state index is 0.162. The van der Waals surface area contributed by atoms with E-state index in [-0.39, 0.29) is 11.5 Å². The summed E-state index contributed by atoms with van der Waals surface area (Å²) in [5.41, 5.74) is 6.38. The maximum Gasteiger partial charge on any atom is 0.187 e. The lowest BCUT2D eigenvalue weighted by atomic mass is 9.86. The second-order valence-electron chi connectivity index (χ2n) is 6.98. The van der Waals surface area contributed by atoms with Crippen LogP contribution in [0.15, 0.2) is 29.4 Å². The molecule has 0 saturated carbocycles. The molecule has 0 spiro atoms. The average molecular weight is 334 g/mol. The first kappa shape index (κ1) is 17.9. The number of benzene rings is 1. The van der Waals surface area contributed by atoms with E-state index in [0.29, 0.717) is 5.11 Å². The average Bonchev–Trinajstić information content (AvgIpc) is 3.03. The summed E-state index contributed by atoms with van der Waals surface area (Å²) in [4.78, 5) is 0. The normalized spacial score (nSPS) is 18.8. The number of thiocarbonyl (C=S) groups is 1. The predicted octanol–water partition coefficient (Wildman–Crippen LogP) is 3.35. The van der Waals surface area contributed by atoms with Crippen LogP contribution in [0.2, 0.25) is 0 Å². The van der Waals surface area contributed by atoms with Crippen LogP contribution >= 0.6 is 12.2 Å². The van der Waals surface area contributed by atoms with Gasteiger partial charge in [-0.15, -0.1) is 0 Å². The molecule has 2 rings (SSSR count). The molecule has 0 aliphatic carbocycles. The van der Waals surface area contributed by atoms with E-state index >= 15 is 0 Å². The van der Waals surface area contributed by atoms with Gasteiger partial charge in [-0.25, -0.2) is 0 Å². The zero-order valence-electron chi connectivity index (χ0n) is 14.5. The van der Waals surface area contributed by atoms with E-state index in [0.717, 1.165) is 37.3 Å². The first-order valence-corrected chi connectivity index (χ1v) is 8.58. The monoisotopic (exact) mass is 333 g/mol. The van der Waals surface area contributed by atoms with Crippen LogP contribution in [0.4, 0.5) is 0 Å². The van der Waals surface area contributed by atoms with Gasteiger partial charge in [0.15, 0.2) is 5.11 Å². The van der Waals surface area contributed by atoms with Crippen molar-refractivity contribution in [1.82, 2.24) is 10.7 Å². The summed E-state index contributed by atoms with van der Waals surface area (Å²) in [6.07, 6.45) is 2.50. The number of hydrogen-bond donors (Lipinski definition) is 2. The van der Waals surface area contributed by atoms with Crippen molar-refractivity contribution in [1.29, 1.82) is 0 Å². The van der Waals surface area contributed by atoms with Crippen LogP contribution in [0.5, 0.6) is 0 Å². The molecule has 23 heavy (non-hydrogen) atoms. The van der Waals surface area contributed by atoms with Crippen molar-refractivity contribution < 1.29 is 4.74 Å². The van der Waals surface area contributed by atoms with Crippen molar-refractivity contribution in [2.24, 2.45) is 5.10 Å². The molecule has 5 heteroatoms. The smallest absolute Gasteiger partial charge is 0.187 e. The Morgan fingerprint density at radius 1 is 1.30 bits per heavy atom. The van der Waals surface area contributed by atoms with Gasteiger partial charge in [-0.05, 0) is 48.5 Å². The number of ether oxygens (including phenoxy) is 1. The molecule has 126 valence electrons. The molecule has 1 atom stereocenters. The summed E-state index contributed by atoms with van der Waals surface area (Å²) in [6, 6.07) is 8.51. The second kappa shape index (κ2) is 7.88. The Kier molecular flexibility index (Phi) is 6.13. The molecule has 0 aromatic heterocycles. The minimum absolute atomic E-state index is 0.162. The van der Waals surface area contributed by atoms with Crippen molar-refractivity contribution >= 4 is 23.0 Å². The summed E-state index contributed by atoms with van der Waals surface area (Å²) < 4.78 is 5.55. The summed E-state index contributed by atoms with van der Waals surface area (Å²) >= 11 is 5.24. The summed E-state index contributed by atoms with van der Waals surface area (Å²) in [5, 5.41) is 8.04. The molecule has 0 bridgehead atoms. The molecule has 0 amide bonds. The summed E-state index contributed by atoms with van der Waals surface area (Å²) in [5.74, 6) is 0. The predicted molar refractivity (Wildman–Crippen MR) is 100 cm³/mol. The van der Waals surface area contributed by atoms with Crippen LogP contribution in [-0.4, -0.2) is 30.1 Å². The van der Waals surface area contributed by atoms with E-state index in [9.17, 15) is 0 Å². The van der Waals surface area contributed by atoms with Gasteiger partial charge in [-0.3, -0.25) is 5.43 Å². The van der Waals surface area contributed by atoms with Crippen LogP contribution in [0.1, 0.15) is 51.7 Å². The molecular weight excluding hydrogens is 306 g/mol. The zero-order chi connectivity index (χ0) is 16.9. The third-order valence-electron chi connectivity index (χ3n) is 4.01. The SMILES string of the molecule is C/C(=N/NC(=S)NC[C@@H]1CCCO1)c1ccc(C(C)(C)C)cc1. The number of hydrogen-bond acceptors (Lipinski definition) is 3. The Balaban J connectivity index is 1.85. The van der Waals surface area contributed by atoms with E-state index in [1.165, 1.54) is 5.56 Å². The van der Waals surface area contributed by atoms with Crippen molar-refractivity contribution in [3.8, 4) is 0 Å². The molecule has 4 nitrogen and oxygen atoms in total. The molecule has 1 aromatic carbocycles. The fraction of sp³-hybridized carbons (Fsp3) is 0.556. The third-order valence-corrected chi connectivity index (χ3v) is 4.24. The molecule has 0 radical (unpaired) electrons. The van der Waals surface area contributed by atoms with Gasteiger partial charge in [0.25, 0.3) is 0 Å². The van der Waals surface area contributed by atoms with Gasteiger partial charge in [0.1, 0.15) is 0 Å². The standard InChI is InChI=1S/C18H27N3OS/c1-13(14-7-9-15(10-8-14)18(2,3)4)20-21-17(23)19-12-16-6-5-11-22-16/h7-10,16H,5-6,11-12H2,1-4H3,(H2,19,21,23)/b20-13-/t16-/m0/s1. The van der Waals surface area contributed by atoms with Gasteiger partial charge in [0.05, 0.1) is 11.8 Å². The second-order valence-corrected chi connectivity index (χ2v) is 7.39. The highest BCUT2D eigenvalue weighted by Crippen LogP contribution is 2.22. The maximum atomic E-state index is 5.55. The number of nitrogens with one attached hydrogen (secondary N) is 2. The third kappa shape index (κ3) is 5.59. The Morgan fingerprint density at radius 2 is 2.00 bits per heavy atom. The van der Waals surface area contributed by atoms with Crippen molar-refractivity contribution in [3.05, 3.63) is 35.4 Å². The van der Waals surface area contributed by atoms with Crippen molar-refractivity contribution in [2.75, 3.05) is 13.2 Å². The molecule has 0 unspecified atom stereocenters. The van der Waals surface area contributed by atoms with Gasteiger partial charge in [0, 0.05) is 13.2 Å². The lowest BCUT2D eigenvalue weighted by molar-refractivity contribution is 0.114. The summed E-state index contributed by atoms with van der Waals surface area (Å²) in [7, 11) is 0. The molecular formula is C18H27N3OS. The Hall–Kier alpha value is -1.46. The highest BCUT2D eigenvalue weighted by Gasteiger charge is 2.15. The molecule has 1 fully saturated rings.